The Balaban J connectivity index is 2.46. The molecule has 0 N–H and O–H groups in total. The molecule has 3 atom stereocenters. The second kappa shape index (κ2) is 4.73. The summed E-state index contributed by atoms with van der Waals surface area (Å²) in [7, 11) is 0. The molecule has 4 heteroatoms. The molecule has 1 fully saturated rings. The van der Waals surface area contributed by atoms with Crippen molar-refractivity contribution in [1.82, 2.24) is 0 Å². The number of halogens is 4. The number of hydrogen-bond acceptors (Lipinski definition) is 0. The first-order valence-corrected chi connectivity index (χ1v) is 5.54. The summed E-state index contributed by atoms with van der Waals surface area (Å²) in [6.45, 7) is 1.67. The minimum absolute atomic E-state index is 0.0482. The number of rotatable bonds is 2. The van der Waals surface area contributed by atoms with Crippen LogP contribution in [0, 0.1) is 11.8 Å². The van der Waals surface area contributed by atoms with Crippen LogP contribution in [-0.4, -0.2) is 11.6 Å². The van der Waals surface area contributed by atoms with E-state index in [1.165, 1.54) is 0 Å². The summed E-state index contributed by atoms with van der Waals surface area (Å²) < 4.78 is 36.4. The first-order chi connectivity index (χ1) is 6.40. The van der Waals surface area contributed by atoms with Crippen LogP contribution in [-0.2, 0) is 0 Å². The molecule has 0 spiro atoms. The molecule has 0 aromatic rings. The highest BCUT2D eigenvalue weighted by Gasteiger charge is 2.36. The van der Waals surface area contributed by atoms with Crippen LogP contribution in [0.5, 0.6) is 0 Å². The zero-order valence-corrected chi connectivity index (χ0v) is 9.04. The van der Waals surface area contributed by atoms with E-state index in [0.29, 0.717) is 0 Å². The van der Waals surface area contributed by atoms with Crippen LogP contribution in [0.4, 0.5) is 13.2 Å². The maximum atomic E-state index is 12.1. The van der Waals surface area contributed by atoms with Gasteiger partial charge >= 0.3 is 6.18 Å². The minimum atomic E-state index is -4.05. The van der Waals surface area contributed by atoms with Gasteiger partial charge in [0, 0.05) is 11.8 Å². The van der Waals surface area contributed by atoms with E-state index in [9.17, 15) is 13.2 Å². The molecule has 1 rings (SSSR count). The Bertz CT molecular complexity index is 179. The molecule has 1 aliphatic rings. The van der Waals surface area contributed by atoms with Gasteiger partial charge in [0.15, 0.2) is 0 Å². The van der Waals surface area contributed by atoms with Crippen molar-refractivity contribution >= 4 is 11.6 Å². The highest BCUT2D eigenvalue weighted by atomic mass is 35.5. The van der Waals surface area contributed by atoms with E-state index in [2.05, 4.69) is 0 Å². The maximum Gasteiger partial charge on any atom is 0.389 e. The second-order valence-electron chi connectivity index (χ2n) is 4.26. The van der Waals surface area contributed by atoms with Gasteiger partial charge in [-0.3, -0.25) is 0 Å². The van der Waals surface area contributed by atoms with Crippen LogP contribution in [0.2, 0.25) is 0 Å². The molecule has 0 saturated heterocycles. The Labute approximate surface area is 87.8 Å². The van der Waals surface area contributed by atoms with Gasteiger partial charge in [-0.1, -0.05) is 19.8 Å². The van der Waals surface area contributed by atoms with Gasteiger partial charge < -0.3 is 0 Å². The van der Waals surface area contributed by atoms with Crippen molar-refractivity contribution in [3.05, 3.63) is 0 Å². The third-order valence-corrected chi connectivity index (χ3v) is 3.56. The Morgan fingerprint density at radius 3 is 2.36 bits per heavy atom. The zero-order valence-electron chi connectivity index (χ0n) is 8.28. The van der Waals surface area contributed by atoms with Gasteiger partial charge in [0.05, 0.1) is 0 Å². The summed E-state index contributed by atoms with van der Waals surface area (Å²) >= 11 is 6.04. The molecule has 1 saturated carbocycles. The van der Waals surface area contributed by atoms with Crippen molar-refractivity contribution in [2.24, 2.45) is 11.8 Å². The lowest BCUT2D eigenvalue weighted by molar-refractivity contribution is -0.147. The molecule has 0 heterocycles. The normalized spacial score (nSPS) is 31.5. The Morgan fingerprint density at radius 2 is 1.86 bits per heavy atom. The highest BCUT2D eigenvalue weighted by Crippen LogP contribution is 2.38. The van der Waals surface area contributed by atoms with E-state index >= 15 is 0 Å². The van der Waals surface area contributed by atoms with Gasteiger partial charge in [-0.05, 0) is 24.7 Å². The Morgan fingerprint density at radius 1 is 1.29 bits per heavy atom. The van der Waals surface area contributed by atoms with Crippen LogP contribution in [0.15, 0.2) is 0 Å². The van der Waals surface area contributed by atoms with Crippen LogP contribution >= 0.6 is 11.6 Å². The molecule has 0 radical (unpaired) electrons. The monoisotopic (exact) mass is 228 g/mol. The molecule has 0 aromatic carbocycles. The summed E-state index contributed by atoms with van der Waals surface area (Å²) in [4.78, 5) is 0. The molecule has 0 bridgehead atoms. The lowest BCUT2D eigenvalue weighted by Crippen LogP contribution is -2.29. The molecule has 3 unspecified atom stereocenters. The van der Waals surface area contributed by atoms with Gasteiger partial charge in [-0.15, -0.1) is 11.6 Å². The van der Waals surface area contributed by atoms with Crippen LogP contribution in [0.25, 0.3) is 0 Å². The van der Waals surface area contributed by atoms with Crippen molar-refractivity contribution in [2.75, 3.05) is 0 Å². The van der Waals surface area contributed by atoms with Crippen LogP contribution < -0.4 is 0 Å². The van der Waals surface area contributed by atoms with Crippen molar-refractivity contribution in [3.63, 3.8) is 0 Å². The average molecular weight is 229 g/mol. The van der Waals surface area contributed by atoms with Gasteiger partial charge in [0.1, 0.15) is 0 Å². The summed E-state index contributed by atoms with van der Waals surface area (Å²) in [5.74, 6) is -0.287. The van der Waals surface area contributed by atoms with E-state index in [1.807, 2.05) is 0 Å². The molecule has 0 amide bonds. The predicted octanol–water partition coefficient (Wildman–Crippen LogP) is 4.37. The van der Waals surface area contributed by atoms with E-state index in [0.717, 1.165) is 25.7 Å². The fourth-order valence-electron chi connectivity index (χ4n) is 2.27. The molecule has 84 valence electrons. The van der Waals surface area contributed by atoms with E-state index in [4.69, 9.17) is 11.6 Å². The first-order valence-electron chi connectivity index (χ1n) is 5.11. The van der Waals surface area contributed by atoms with E-state index in [-0.39, 0.29) is 17.2 Å². The molecular formula is C10H16ClF3. The zero-order chi connectivity index (χ0) is 10.8. The van der Waals surface area contributed by atoms with E-state index < -0.39 is 12.6 Å². The standard InChI is InChI=1S/C10H16ClF3/c1-7(6-10(12,13)14)8-4-2-3-5-9(8)11/h7-9H,2-6H2,1H3. The largest absolute Gasteiger partial charge is 0.389 e. The summed E-state index contributed by atoms with van der Waals surface area (Å²) in [6.07, 6.45) is -0.937. The predicted molar refractivity (Wildman–Crippen MR) is 51.4 cm³/mol. The molecule has 1 aliphatic carbocycles. The Hall–Kier alpha value is 0.0800. The third-order valence-electron chi connectivity index (χ3n) is 3.02. The fourth-order valence-corrected chi connectivity index (χ4v) is 2.80. The number of alkyl halides is 4. The molecule has 0 nitrogen and oxygen atoms in total. The fraction of sp³-hybridized carbons (Fsp3) is 1.00. The summed E-state index contributed by atoms with van der Waals surface area (Å²) in [5.41, 5.74) is 0. The summed E-state index contributed by atoms with van der Waals surface area (Å²) in [6, 6.07) is 0. The summed E-state index contributed by atoms with van der Waals surface area (Å²) in [5, 5.41) is -0.0545. The highest BCUT2D eigenvalue weighted by molar-refractivity contribution is 6.20. The average Bonchev–Trinajstić information content (AvgIpc) is 2.01. The Kier molecular flexibility index (Phi) is 4.11. The van der Waals surface area contributed by atoms with Crippen molar-refractivity contribution in [2.45, 2.75) is 50.6 Å². The molecular weight excluding hydrogens is 213 g/mol. The van der Waals surface area contributed by atoms with Crippen molar-refractivity contribution < 1.29 is 13.2 Å². The molecule has 14 heavy (non-hydrogen) atoms. The van der Waals surface area contributed by atoms with Gasteiger partial charge in [0.25, 0.3) is 0 Å². The maximum absolute atomic E-state index is 12.1. The minimum Gasteiger partial charge on any atom is -0.171 e. The molecule has 0 aliphatic heterocycles. The first kappa shape index (κ1) is 12.2. The van der Waals surface area contributed by atoms with Gasteiger partial charge in [-0.2, -0.15) is 13.2 Å². The lowest BCUT2D eigenvalue weighted by atomic mass is 9.79. The smallest absolute Gasteiger partial charge is 0.171 e. The van der Waals surface area contributed by atoms with E-state index in [1.54, 1.807) is 6.92 Å². The van der Waals surface area contributed by atoms with Gasteiger partial charge in [0.2, 0.25) is 0 Å². The molecule has 0 aromatic heterocycles. The van der Waals surface area contributed by atoms with Gasteiger partial charge in [-0.25, -0.2) is 0 Å². The third kappa shape index (κ3) is 3.68. The quantitative estimate of drug-likeness (QED) is 0.616. The second-order valence-corrected chi connectivity index (χ2v) is 4.82. The van der Waals surface area contributed by atoms with Crippen LogP contribution in [0.3, 0.4) is 0 Å². The van der Waals surface area contributed by atoms with Crippen molar-refractivity contribution in [3.8, 4) is 0 Å². The van der Waals surface area contributed by atoms with Crippen LogP contribution in [0.1, 0.15) is 39.0 Å². The lowest BCUT2D eigenvalue weighted by Gasteiger charge is -2.32. The van der Waals surface area contributed by atoms with Crippen molar-refractivity contribution in [1.29, 1.82) is 0 Å². The SMILES string of the molecule is CC(CC(F)(F)F)C1CCCCC1Cl. The topological polar surface area (TPSA) is 0 Å². The number of hydrogen-bond donors (Lipinski definition) is 0.